The summed E-state index contributed by atoms with van der Waals surface area (Å²) in [5.41, 5.74) is 3.22. The number of carbonyl (C=O) groups excluding carboxylic acids is 2. The molecular formula is C28H26N4O2. The van der Waals surface area contributed by atoms with Crippen LogP contribution in [0.2, 0.25) is 0 Å². The average molecular weight is 451 g/mol. The Bertz CT molecular complexity index is 1400. The van der Waals surface area contributed by atoms with Crippen LogP contribution >= 0.6 is 0 Å². The van der Waals surface area contributed by atoms with Crippen molar-refractivity contribution in [1.29, 1.82) is 0 Å². The van der Waals surface area contributed by atoms with E-state index in [1.54, 1.807) is 9.80 Å². The van der Waals surface area contributed by atoms with Gasteiger partial charge in [-0.2, -0.15) is 0 Å². The predicted molar refractivity (Wildman–Crippen MR) is 132 cm³/mol. The van der Waals surface area contributed by atoms with Crippen LogP contribution in [0.3, 0.4) is 0 Å². The van der Waals surface area contributed by atoms with E-state index in [9.17, 15) is 9.59 Å². The molecule has 6 rings (SSSR count). The van der Waals surface area contributed by atoms with Crippen molar-refractivity contribution in [3.8, 4) is 0 Å². The van der Waals surface area contributed by atoms with E-state index in [0.29, 0.717) is 19.6 Å². The molecule has 3 aromatic carbocycles. The van der Waals surface area contributed by atoms with Crippen molar-refractivity contribution in [1.82, 2.24) is 19.7 Å². The number of aromatic nitrogens is 1. The fourth-order valence-corrected chi connectivity index (χ4v) is 5.26. The van der Waals surface area contributed by atoms with E-state index >= 15 is 0 Å². The Morgan fingerprint density at radius 1 is 0.853 bits per heavy atom. The summed E-state index contributed by atoms with van der Waals surface area (Å²) in [7, 11) is 0. The summed E-state index contributed by atoms with van der Waals surface area (Å²) in [6.45, 7) is 3.24. The summed E-state index contributed by atoms with van der Waals surface area (Å²) >= 11 is 0. The highest BCUT2D eigenvalue weighted by molar-refractivity contribution is 5.95. The Labute approximate surface area is 198 Å². The van der Waals surface area contributed by atoms with Crippen molar-refractivity contribution in [2.75, 3.05) is 26.2 Å². The van der Waals surface area contributed by atoms with Crippen LogP contribution in [-0.4, -0.2) is 63.7 Å². The zero-order valence-electron chi connectivity index (χ0n) is 18.9. The molecule has 4 aromatic rings. The fourth-order valence-electron chi connectivity index (χ4n) is 5.26. The molecule has 2 fully saturated rings. The van der Waals surface area contributed by atoms with E-state index in [4.69, 9.17) is 0 Å². The first-order valence-corrected chi connectivity index (χ1v) is 11.8. The lowest BCUT2D eigenvalue weighted by Crippen LogP contribution is -2.66. The second-order valence-corrected chi connectivity index (χ2v) is 9.20. The molecule has 3 heterocycles. The molecule has 6 nitrogen and oxygen atoms in total. The van der Waals surface area contributed by atoms with Crippen molar-refractivity contribution in [3.63, 3.8) is 0 Å². The molecule has 6 heteroatoms. The molecule has 0 aliphatic carbocycles. The van der Waals surface area contributed by atoms with E-state index < -0.39 is 6.04 Å². The van der Waals surface area contributed by atoms with Crippen molar-refractivity contribution in [2.24, 2.45) is 0 Å². The number of piperazine rings is 2. The topological polar surface area (TPSA) is 56.8 Å². The summed E-state index contributed by atoms with van der Waals surface area (Å²) in [5, 5.41) is 3.45. The number of para-hydroxylation sites is 1. The molecule has 0 spiro atoms. The first kappa shape index (κ1) is 20.8. The highest BCUT2D eigenvalue weighted by atomic mass is 16.2. The number of carbonyl (C=O) groups is 2. The van der Waals surface area contributed by atoms with Crippen LogP contribution in [0.1, 0.15) is 11.1 Å². The number of pyridine rings is 1. The number of amides is 2. The highest BCUT2D eigenvalue weighted by Crippen LogP contribution is 2.24. The monoisotopic (exact) mass is 450 g/mol. The zero-order valence-corrected chi connectivity index (χ0v) is 18.9. The Hall–Kier alpha value is -3.77. The SMILES string of the molecule is O=C1C2CN(Cc3ccnc4ccccc34)CCN2C(=O)CN1Cc1ccc2ccccc2c1. The second kappa shape index (κ2) is 8.54. The Morgan fingerprint density at radius 2 is 1.68 bits per heavy atom. The van der Waals surface area contributed by atoms with Gasteiger partial charge in [0.05, 0.1) is 5.52 Å². The van der Waals surface area contributed by atoms with Crippen LogP contribution in [0.4, 0.5) is 0 Å². The quantitative estimate of drug-likeness (QED) is 0.478. The van der Waals surface area contributed by atoms with Crippen molar-refractivity contribution < 1.29 is 9.59 Å². The molecule has 2 saturated heterocycles. The van der Waals surface area contributed by atoms with Crippen LogP contribution in [0, 0.1) is 0 Å². The Morgan fingerprint density at radius 3 is 2.59 bits per heavy atom. The molecular weight excluding hydrogens is 424 g/mol. The number of benzene rings is 3. The summed E-state index contributed by atoms with van der Waals surface area (Å²) in [6.07, 6.45) is 1.84. The van der Waals surface area contributed by atoms with Gasteiger partial charge in [0, 0.05) is 44.3 Å². The highest BCUT2D eigenvalue weighted by Gasteiger charge is 2.42. The molecule has 0 N–H and O–H groups in total. The third kappa shape index (κ3) is 3.80. The maximum atomic E-state index is 13.5. The van der Waals surface area contributed by atoms with Gasteiger partial charge in [-0.1, -0.05) is 54.6 Å². The third-order valence-corrected chi connectivity index (χ3v) is 7.03. The number of hydrogen-bond donors (Lipinski definition) is 0. The van der Waals surface area contributed by atoms with Gasteiger partial charge in [0.2, 0.25) is 11.8 Å². The van der Waals surface area contributed by atoms with Gasteiger partial charge in [0.1, 0.15) is 12.6 Å². The van der Waals surface area contributed by atoms with E-state index in [1.807, 2.05) is 42.6 Å². The molecule has 0 bridgehead atoms. The molecule has 2 aliphatic rings. The molecule has 34 heavy (non-hydrogen) atoms. The number of rotatable bonds is 4. The lowest BCUT2D eigenvalue weighted by Gasteiger charge is -2.46. The Balaban J connectivity index is 1.20. The summed E-state index contributed by atoms with van der Waals surface area (Å²) < 4.78 is 0. The second-order valence-electron chi connectivity index (χ2n) is 9.20. The van der Waals surface area contributed by atoms with Gasteiger partial charge in [0.15, 0.2) is 0 Å². The lowest BCUT2D eigenvalue weighted by molar-refractivity contribution is -0.160. The minimum absolute atomic E-state index is 0.0389. The molecule has 0 saturated carbocycles. The van der Waals surface area contributed by atoms with Crippen molar-refractivity contribution in [2.45, 2.75) is 19.1 Å². The normalized spacial score (nSPS) is 19.1. The van der Waals surface area contributed by atoms with Gasteiger partial charge < -0.3 is 9.80 Å². The molecule has 1 unspecified atom stereocenters. The Kier molecular flexibility index (Phi) is 5.23. The van der Waals surface area contributed by atoms with Gasteiger partial charge in [0.25, 0.3) is 0 Å². The fraction of sp³-hybridized carbons (Fsp3) is 0.250. The van der Waals surface area contributed by atoms with E-state index in [-0.39, 0.29) is 18.4 Å². The van der Waals surface area contributed by atoms with Gasteiger partial charge in [-0.05, 0) is 40.1 Å². The maximum Gasteiger partial charge on any atom is 0.247 e. The van der Waals surface area contributed by atoms with Crippen LogP contribution in [0.5, 0.6) is 0 Å². The molecule has 2 aliphatic heterocycles. The van der Waals surface area contributed by atoms with Crippen LogP contribution < -0.4 is 0 Å². The van der Waals surface area contributed by atoms with Crippen molar-refractivity contribution in [3.05, 3.63) is 90.1 Å². The van der Waals surface area contributed by atoms with Crippen LogP contribution in [0.25, 0.3) is 21.7 Å². The minimum Gasteiger partial charge on any atom is -0.327 e. The molecule has 1 atom stereocenters. The maximum absolute atomic E-state index is 13.5. The molecule has 1 aromatic heterocycles. The molecule has 0 radical (unpaired) electrons. The zero-order chi connectivity index (χ0) is 23.1. The first-order valence-electron chi connectivity index (χ1n) is 11.8. The minimum atomic E-state index is -0.427. The summed E-state index contributed by atoms with van der Waals surface area (Å²) in [4.78, 5) is 36.7. The van der Waals surface area contributed by atoms with Crippen molar-refractivity contribution >= 4 is 33.5 Å². The predicted octanol–water partition coefficient (Wildman–Crippen LogP) is 3.44. The smallest absolute Gasteiger partial charge is 0.247 e. The van der Waals surface area contributed by atoms with Crippen LogP contribution in [-0.2, 0) is 22.7 Å². The summed E-state index contributed by atoms with van der Waals surface area (Å²) in [5.74, 6) is 0.0800. The standard InChI is InChI=1S/C28H26N4O2/c33-27-19-31(16-20-9-10-21-5-1-2-6-22(21)15-20)28(34)26-18-30(13-14-32(26)27)17-23-11-12-29-25-8-4-3-7-24(23)25/h1-12,15,26H,13-14,16-19H2. The van der Waals surface area contributed by atoms with E-state index in [0.717, 1.165) is 34.9 Å². The van der Waals surface area contributed by atoms with Gasteiger partial charge in [-0.25, -0.2) is 0 Å². The van der Waals surface area contributed by atoms with Gasteiger partial charge in [-0.15, -0.1) is 0 Å². The van der Waals surface area contributed by atoms with Gasteiger partial charge >= 0.3 is 0 Å². The van der Waals surface area contributed by atoms with Crippen LogP contribution in [0.15, 0.2) is 79.0 Å². The van der Waals surface area contributed by atoms with Gasteiger partial charge in [-0.3, -0.25) is 19.5 Å². The van der Waals surface area contributed by atoms with E-state index in [2.05, 4.69) is 46.3 Å². The largest absolute Gasteiger partial charge is 0.327 e. The first-order chi connectivity index (χ1) is 16.7. The van der Waals surface area contributed by atoms with E-state index in [1.165, 1.54) is 10.9 Å². The molecule has 2 amide bonds. The summed E-state index contributed by atoms with van der Waals surface area (Å²) in [6, 6.07) is 24.2. The third-order valence-electron chi connectivity index (χ3n) is 7.03. The number of fused-ring (bicyclic) bond motifs is 3. The lowest BCUT2D eigenvalue weighted by atomic mass is 10.0. The average Bonchev–Trinajstić information content (AvgIpc) is 2.87. The molecule has 170 valence electrons. The number of hydrogen-bond acceptors (Lipinski definition) is 4. The number of nitrogens with zero attached hydrogens (tertiary/aromatic N) is 4.